The highest BCUT2D eigenvalue weighted by atomic mass is 19.1. The molecule has 2 aromatic rings. The number of non-ortho nitro benzene ring substituents is 1. The normalized spacial score (nSPS) is 10.5. The van der Waals surface area contributed by atoms with Gasteiger partial charge < -0.3 is 4.42 Å². The summed E-state index contributed by atoms with van der Waals surface area (Å²) in [4.78, 5) is 9.80. The van der Waals surface area contributed by atoms with Gasteiger partial charge in [-0.1, -0.05) is 0 Å². The summed E-state index contributed by atoms with van der Waals surface area (Å²) in [5, 5.41) is 10.7. The second-order valence-electron chi connectivity index (χ2n) is 2.53. The van der Waals surface area contributed by atoms with Crippen molar-refractivity contribution >= 4 is 16.7 Å². The largest absolute Gasteiger partial charge is 0.431 e. The SMILES string of the molecule is O=[N+]([O-])c1ccc2oc(F)cc2c1. The predicted molar refractivity (Wildman–Crippen MR) is 42.8 cm³/mol. The van der Waals surface area contributed by atoms with Gasteiger partial charge in [-0.25, -0.2) is 0 Å². The molecule has 0 aliphatic carbocycles. The van der Waals surface area contributed by atoms with Gasteiger partial charge in [0.05, 0.1) is 4.92 Å². The molecule has 1 aromatic heterocycles. The molecular weight excluding hydrogens is 177 g/mol. The maximum absolute atomic E-state index is 12.5. The van der Waals surface area contributed by atoms with Crippen LogP contribution < -0.4 is 0 Å². The van der Waals surface area contributed by atoms with Gasteiger partial charge in [-0.3, -0.25) is 10.1 Å². The molecule has 0 spiro atoms. The summed E-state index contributed by atoms with van der Waals surface area (Å²) in [6, 6.07) is 4.28. The maximum atomic E-state index is 12.5. The molecule has 0 atom stereocenters. The number of rotatable bonds is 1. The van der Waals surface area contributed by atoms with Gasteiger partial charge in [0.1, 0.15) is 5.58 Å². The monoisotopic (exact) mass is 181 g/mol. The zero-order valence-electron chi connectivity index (χ0n) is 6.36. The summed E-state index contributed by atoms with van der Waals surface area (Å²) in [7, 11) is 0. The van der Waals surface area contributed by atoms with Crippen LogP contribution in [0, 0.1) is 16.1 Å². The van der Waals surface area contributed by atoms with Crippen LogP contribution in [0.15, 0.2) is 28.7 Å². The molecule has 13 heavy (non-hydrogen) atoms. The molecular formula is C8H4FNO3. The molecule has 0 fully saturated rings. The Hall–Kier alpha value is -1.91. The van der Waals surface area contributed by atoms with E-state index in [9.17, 15) is 14.5 Å². The molecule has 1 aromatic carbocycles. The van der Waals surface area contributed by atoms with Crippen molar-refractivity contribution in [2.45, 2.75) is 0 Å². The fourth-order valence-corrected chi connectivity index (χ4v) is 1.11. The van der Waals surface area contributed by atoms with Crippen LogP contribution >= 0.6 is 0 Å². The summed E-state index contributed by atoms with van der Waals surface area (Å²) in [5.74, 6) is 0. The summed E-state index contributed by atoms with van der Waals surface area (Å²) >= 11 is 0. The first-order valence-corrected chi connectivity index (χ1v) is 3.50. The number of nitro benzene ring substituents is 1. The second kappa shape index (κ2) is 2.55. The molecule has 0 N–H and O–H groups in total. The van der Waals surface area contributed by atoms with E-state index in [1.165, 1.54) is 18.2 Å². The van der Waals surface area contributed by atoms with Crippen molar-refractivity contribution in [2.24, 2.45) is 0 Å². The number of nitro groups is 1. The second-order valence-corrected chi connectivity index (χ2v) is 2.53. The molecule has 5 heteroatoms. The van der Waals surface area contributed by atoms with Crippen LogP contribution in [-0.4, -0.2) is 4.92 Å². The van der Waals surface area contributed by atoms with E-state index in [0.29, 0.717) is 11.0 Å². The van der Waals surface area contributed by atoms with E-state index >= 15 is 0 Å². The van der Waals surface area contributed by atoms with Gasteiger partial charge in [0, 0.05) is 23.6 Å². The number of benzene rings is 1. The first kappa shape index (κ1) is 7.72. The number of furan rings is 1. The van der Waals surface area contributed by atoms with Crippen LogP contribution in [0.4, 0.5) is 10.1 Å². The molecule has 0 aliphatic rings. The summed E-state index contributed by atoms with van der Waals surface area (Å²) in [6.07, 6.45) is 0. The van der Waals surface area contributed by atoms with E-state index in [0.717, 1.165) is 6.07 Å². The Morgan fingerprint density at radius 3 is 2.85 bits per heavy atom. The highest BCUT2D eigenvalue weighted by Crippen LogP contribution is 2.23. The fourth-order valence-electron chi connectivity index (χ4n) is 1.11. The lowest BCUT2D eigenvalue weighted by molar-refractivity contribution is -0.384. The van der Waals surface area contributed by atoms with E-state index in [-0.39, 0.29) is 5.69 Å². The maximum Gasteiger partial charge on any atom is 0.278 e. The molecule has 0 saturated heterocycles. The lowest BCUT2D eigenvalue weighted by Crippen LogP contribution is -1.85. The molecule has 0 aliphatic heterocycles. The zero-order chi connectivity index (χ0) is 9.42. The van der Waals surface area contributed by atoms with Crippen molar-refractivity contribution in [1.29, 1.82) is 0 Å². The molecule has 4 nitrogen and oxygen atoms in total. The first-order chi connectivity index (χ1) is 6.16. The zero-order valence-corrected chi connectivity index (χ0v) is 6.36. The minimum atomic E-state index is -0.740. The number of hydrogen-bond acceptors (Lipinski definition) is 3. The number of fused-ring (bicyclic) bond motifs is 1. The molecule has 66 valence electrons. The summed E-state index contributed by atoms with van der Waals surface area (Å²) in [5.41, 5.74) is 0.233. The van der Waals surface area contributed by atoms with Crippen molar-refractivity contribution in [1.82, 2.24) is 0 Å². The van der Waals surface area contributed by atoms with Crippen LogP contribution in [0.25, 0.3) is 11.0 Å². The highest BCUT2D eigenvalue weighted by Gasteiger charge is 2.09. The van der Waals surface area contributed by atoms with E-state index in [4.69, 9.17) is 0 Å². The van der Waals surface area contributed by atoms with Gasteiger partial charge >= 0.3 is 0 Å². The van der Waals surface area contributed by atoms with E-state index in [1.54, 1.807) is 0 Å². The predicted octanol–water partition coefficient (Wildman–Crippen LogP) is 2.48. The van der Waals surface area contributed by atoms with Gasteiger partial charge in [0.15, 0.2) is 0 Å². The summed E-state index contributed by atoms with van der Waals surface area (Å²) < 4.78 is 17.1. The average molecular weight is 181 g/mol. The van der Waals surface area contributed by atoms with Crippen LogP contribution in [0.2, 0.25) is 0 Å². The molecule has 0 radical (unpaired) electrons. The van der Waals surface area contributed by atoms with E-state index < -0.39 is 10.9 Å². The van der Waals surface area contributed by atoms with Gasteiger partial charge in [-0.05, 0) is 6.07 Å². The number of halogens is 1. The van der Waals surface area contributed by atoms with Crippen molar-refractivity contribution in [2.75, 3.05) is 0 Å². The third-order valence-corrected chi connectivity index (χ3v) is 1.68. The molecule has 0 amide bonds. The standard InChI is InChI=1S/C8H4FNO3/c9-8-4-5-3-6(10(11)12)1-2-7(5)13-8/h1-4H. The first-order valence-electron chi connectivity index (χ1n) is 3.50. The summed E-state index contributed by atoms with van der Waals surface area (Å²) in [6.45, 7) is 0. The van der Waals surface area contributed by atoms with Crippen molar-refractivity contribution < 1.29 is 13.7 Å². The van der Waals surface area contributed by atoms with Crippen molar-refractivity contribution in [3.05, 3.63) is 40.4 Å². The number of hydrogen-bond donors (Lipinski definition) is 0. The smallest absolute Gasteiger partial charge is 0.278 e. The van der Waals surface area contributed by atoms with E-state index in [2.05, 4.69) is 4.42 Å². The number of nitrogens with zero attached hydrogens (tertiary/aromatic N) is 1. The van der Waals surface area contributed by atoms with Gasteiger partial charge in [-0.15, -0.1) is 0 Å². The Labute approximate surface area is 71.7 Å². The fraction of sp³-hybridized carbons (Fsp3) is 0. The molecule has 2 rings (SSSR count). The van der Waals surface area contributed by atoms with Crippen molar-refractivity contribution in [3.63, 3.8) is 0 Å². The van der Waals surface area contributed by atoms with Gasteiger partial charge in [0.2, 0.25) is 0 Å². The Morgan fingerprint density at radius 1 is 1.38 bits per heavy atom. The van der Waals surface area contributed by atoms with Crippen LogP contribution in [0.3, 0.4) is 0 Å². The molecule has 0 unspecified atom stereocenters. The molecule has 0 saturated carbocycles. The Balaban J connectivity index is 2.67. The Bertz CT molecular complexity index is 477. The highest BCUT2D eigenvalue weighted by molar-refractivity contribution is 5.79. The minimum absolute atomic E-state index is 0.0756. The van der Waals surface area contributed by atoms with Crippen LogP contribution in [0.1, 0.15) is 0 Å². The minimum Gasteiger partial charge on any atom is -0.431 e. The quantitative estimate of drug-likeness (QED) is 0.501. The third-order valence-electron chi connectivity index (χ3n) is 1.68. The van der Waals surface area contributed by atoms with Crippen LogP contribution in [-0.2, 0) is 0 Å². The van der Waals surface area contributed by atoms with Gasteiger partial charge in [-0.2, -0.15) is 4.39 Å². The molecule has 1 heterocycles. The Kier molecular flexibility index (Phi) is 1.51. The topological polar surface area (TPSA) is 56.3 Å². The van der Waals surface area contributed by atoms with E-state index in [1.807, 2.05) is 0 Å². The lowest BCUT2D eigenvalue weighted by atomic mass is 10.2. The van der Waals surface area contributed by atoms with Gasteiger partial charge in [0.25, 0.3) is 11.7 Å². The lowest BCUT2D eigenvalue weighted by Gasteiger charge is -1.89. The van der Waals surface area contributed by atoms with Crippen LogP contribution in [0.5, 0.6) is 0 Å². The Morgan fingerprint density at radius 2 is 2.15 bits per heavy atom. The molecule has 0 bridgehead atoms. The average Bonchev–Trinajstić information content (AvgIpc) is 2.42. The van der Waals surface area contributed by atoms with Crippen molar-refractivity contribution in [3.8, 4) is 0 Å². The third kappa shape index (κ3) is 1.24.